The highest BCUT2D eigenvalue weighted by Crippen LogP contribution is 2.19. The average Bonchev–Trinajstić information content (AvgIpc) is 2.76. The molecule has 0 saturated heterocycles. The van der Waals surface area contributed by atoms with E-state index >= 15 is 0 Å². The van der Waals surface area contributed by atoms with E-state index in [-0.39, 0.29) is 18.4 Å². The molecule has 5 heteroatoms. The highest BCUT2D eigenvalue weighted by Gasteiger charge is 2.28. The standard InChI is InChI=1S/C25H34N2O3/c1-5-15-26-25(29)22(6-2)27(16-14-21-10-8-7-9-11-21)24(28)18-30-23-17-19(3)12-13-20(23)4/h7-13,17,22H,5-6,14-16,18H2,1-4H3,(H,26,29)/t22-/m0/s1. The molecule has 0 aliphatic heterocycles. The molecule has 0 fully saturated rings. The lowest BCUT2D eigenvalue weighted by Crippen LogP contribution is -2.51. The highest BCUT2D eigenvalue weighted by molar-refractivity contribution is 5.88. The van der Waals surface area contributed by atoms with Gasteiger partial charge in [-0.25, -0.2) is 0 Å². The molecular formula is C25H34N2O3. The van der Waals surface area contributed by atoms with E-state index in [0.717, 1.165) is 23.1 Å². The van der Waals surface area contributed by atoms with Crippen LogP contribution in [0.2, 0.25) is 0 Å². The Balaban J connectivity index is 2.14. The van der Waals surface area contributed by atoms with Gasteiger partial charge in [-0.2, -0.15) is 0 Å². The maximum absolute atomic E-state index is 13.1. The topological polar surface area (TPSA) is 58.6 Å². The van der Waals surface area contributed by atoms with Crippen LogP contribution in [0.5, 0.6) is 5.75 Å². The number of ether oxygens (including phenoxy) is 1. The zero-order valence-electron chi connectivity index (χ0n) is 18.6. The van der Waals surface area contributed by atoms with Crippen LogP contribution < -0.4 is 10.1 Å². The largest absolute Gasteiger partial charge is 0.483 e. The number of nitrogens with one attached hydrogen (secondary N) is 1. The van der Waals surface area contributed by atoms with Crippen LogP contribution in [0.3, 0.4) is 0 Å². The van der Waals surface area contributed by atoms with Gasteiger partial charge in [0.1, 0.15) is 11.8 Å². The van der Waals surface area contributed by atoms with E-state index in [1.807, 2.05) is 76.2 Å². The third-order valence-electron chi connectivity index (χ3n) is 5.11. The van der Waals surface area contributed by atoms with Crippen molar-refractivity contribution in [2.24, 2.45) is 0 Å². The fourth-order valence-electron chi connectivity index (χ4n) is 3.35. The molecule has 0 unspecified atom stereocenters. The summed E-state index contributed by atoms with van der Waals surface area (Å²) >= 11 is 0. The van der Waals surface area contributed by atoms with Crippen molar-refractivity contribution in [2.75, 3.05) is 19.7 Å². The van der Waals surface area contributed by atoms with Crippen LogP contribution in [0.1, 0.15) is 43.4 Å². The second-order valence-corrected chi connectivity index (χ2v) is 7.60. The number of hydrogen-bond donors (Lipinski definition) is 1. The Labute approximate surface area is 180 Å². The highest BCUT2D eigenvalue weighted by atomic mass is 16.5. The van der Waals surface area contributed by atoms with E-state index in [4.69, 9.17) is 4.74 Å². The first-order chi connectivity index (χ1) is 14.5. The second-order valence-electron chi connectivity index (χ2n) is 7.60. The van der Waals surface area contributed by atoms with Gasteiger partial charge in [0.15, 0.2) is 6.61 Å². The van der Waals surface area contributed by atoms with Crippen molar-refractivity contribution in [2.45, 2.75) is 53.0 Å². The van der Waals surface area contributed by atoms with Crippen LogP contribution in [0.4, 0.5) is 0 Å². The lowest BCUT2D eigenvalue weighted by Gasteiger charge is -2.30. The van der Waals surface area contributed by atoms with E-state index in [9.17, 15) is 9.59 Å². The van der Waals surface area contributed by atoms with Gasteiger partial charge in [-0.3, -0.25) is 9.59 Å². The van der Waals surface area contributed by atoms with E-state index < -0.39 is 6.04 Å². The van der Waals surface area contributed by atoms with Crippen molar-refractivity contribution in [3.05, 3.63) is 65.2 Å². The van der Waals surface area contributed by atoms with Gasteiger partial charge in [0.05, 0.1) is 0 Å². The molecule has 0 saturated carbocycles. The van der Waals surface area contributed by atoms with Crippen molar-refractivity contribution in [1.29, 1.82) is 0 Å². The Morgan fingerprint density at radius 2 is 1.80 bits per heavy atom. The van der Waals surface area contributed by atoms with Crippen LogP contribution in [0.25, 0.3) is 0 Å². The molecule has 1 atom stereocenters. The fraction of sp³-hybridized carbons (Fsp3) is 0.440. The normalized spacial score (nSPS) is 11.6. The van der Waals surface area contributed by atoms with Crippen LogP contribution in [-0.4, -0.2) is 42.5 Å². The van der Waals surface area contributed by atoms with Crippen LogP contribution in [0.15, 0.2) is 48.5 Å². The van der Waals surface area contributed by atoms with Gasteiger partial charge < -0.3 is 15.0 Å². The van der Waals surface area contributed by atoms with E-state index in [0.29, 0.717) is 31.7 Å². The average molecular weight is 411 g/mol. The minimum atomic E-state index is -0.505. The number of carbonyl (C=O) groups is 2. The molecule has 2 rings (SSSR count). The van der Waals surface area contributed by atoms with E-state index in [1.165, 1.54) is 0 Å². The van der Waals surface area contributed by atoms with Gasteiger partial charge in [-0.1, -0.05) is 56.3 Å². The Morgan fingerprint density at radius 3 is 2.47 bits per heavy atom. The predicted molar refractivity (Wildman–Crippen MR) is 121 cm³/mol. The number of rotatable bonds is 11. The number of carbonyl (C=O) groups excluding carboxylic acids is 2. The summed E-state index contributed by atoms with van der Waals surface area (Å²) in [7, 11) is 0. The first kappa shape index (κ1) is 23.5. The van der Waals surface area contributed by atoms with Crippen molar-refractivity contribution >= 4 is 11.8 Å². The Hall–Kier alpha value is -2.82. The SMILES string of the molecule is CCCNC(=O)[C@H](CC)N(CCc1ccccc1)C(=O)COc1cc(C)ccc1C. The number of amides is 2. The van der Waals surface area contributed by atoms with Crippen LogP contribution in [-0.2, 0) is 16.0 Å². The summed E-state index contributed by atoms with van der Waals surface area (Å²) < 4.78 is 5.85. The summed E-state index contributed by atoms with van der Waals surface area (Å²) in [5.74, 6) is 0.424. The number of hydrogen-bond acceptors (Lipinski definition) is 3. The molecule has 1 N–H and O–H groups in total. The maximum atomic E-state index is 13.1. The second kappa shape index (κ2) is 12.0. The lowest BCUT2D eigenvalue weighted by atomic mass is 10.1. The maximum Gasteiger partial charge on any atom is 0.261 e. The van der Waals surface area contributed by atoms with Gasteiger partial charge in [0.2, 0.25) is 5.91 Å². The number of nitrogens with zero attached hydrogens (tertiary/aromatic N) is 1. The minimum Gasteiger partial charge on any atom is -0.483 e. The zero-order valence-corrected chi connectivity index (χ0v) is 18.6. The molecule has 0 aliphatic carbocycles. The molecule has 0 bridgehead atoms. The molecule has 2 aromatic carbocycles. The molecule has 2 amide bonds. The van der Waals surface area contributed by atoms with Crippen molar-refractivity contribution in [1.82, 2.24) is 10.2 Å². The molecule has 30 heavy (non-hydrogen) atoms. The summed E-state index contributed by atoms with van der Waals surface area (Å²) in [6, 6.07) is 15.4. The molecule has 162 valence electrons. The summed E-state index contributed by atoms with van der Waals surface area (Å²) in [6.07, 6.45) is 2.10. The monoisotopic (exact) mass is 410 g/mol. The Morgan fingerprint density at radius 1 is 1.07 bits per heavy atom. The number of benzene rings is 2. The quantitative estimate of drug-likeness (QED) is 0.608. The van der Waals surface area contributed by atoms with Gasteiger partial charge in [-0.05, 0) is 55.9 Å². The van der Waals surface area contributed by atoms with Gasteiger partial charge in [0, 0.05) is 13.1 Å². The lowest BCUT2D eigenvalue weighted by molar-refractivity contribution is -0.142. The molecule has 0 aromatic heterocycles. The molecule has 0 aliphatic rings. The van der Waals surface area contributed by atoms with E-state index in [2.05, 4.69) is 5.32 Å². The summed E-state index contributed by atoms with van der Waals surface area (Å²) in [4.78, 5) is 27.5. The van der Waals surface area contributed by atoms with Gasteiger partial charge in [0.25, 0.3) is 5.91 Å². The molecule has 0 spiro atoms. The predicted octanol–water partition coefficient (Wildman–Crippen LogP) is 4.06. The molecular weight excluding hydrogens is 376 g/mol. The fourth-order valence-corrected chi connectivity index (χ4v) is 3.35. The molecule has 2 aromatic rings. The van der Waals surface area contributed by atoms with Gasteiger partial charge >= 0.3 is 0 Å². The molecule has 0 heterocycles. The summed E-state index contributed by atoms with van der Waals surface area (Å²) in [5.41, 5.74) is 3.20. The van der Waals surface area contributed by atoms with Gasteiger partial charge in [-0.15, -0.1) is 0 Å². The first-order valence-corrected chi connectivity index (χ1v) is 10.8. The molecule has 0 radical (unpaired) electrons. The van der Waals surface area contributed by atoms with Crippen molar-refractivity contribution < 1.29 is 14.3 Å². The molecule has 5 nitrogen and oxygen atoms in total. The number of aryl methyl sites for hydroxylation is 2. The smallest absolute Gasteiger partial charge is 0.261 e. The third kappa shape index (κ3) is 6.90. The first-order valence-electron chi connectivity index (χ1n) is 10.8. The van der Waals surface area contributed by atoms with Crippen LogP contribution >= 0.6 is 0 Å². The Bertz CT molecular complexity index is 820. The third-order valence-corrected chi connectivity index (χ3v) is 5.11. The van der Waals surface area contributed by atoms with E-state index in [1.54, 1.807) is 4.90 Å². The zero-order chi connectivity index (χ0) is 21.9. The summed E-state index contributed by atoms with van der Waals surface area (Å²) in [6.45, 7) is 8.88. The summed E-state index contributed by atoms with van der Waals surface area (Å²) in [5, 5.41) is 2.93. The van der Waals surface area contributed by atoms with Crippen molar-refractivity contribution in [3.63, 3.8) is 0 Å². The minimum absolute atomic E-state index is 0.0867. The van der Waals surface area contributed by atoms with Crippen LogP contribution in [0, 0.1) is 13.8 Å². The Kier molecular flexibility index (Phi) is 9.39. The van der Waals surface area contributed by atoms with Crippen molar-refractivity contribution in [3.8, 4) is 5.75 Å².